The van der Waals surface area contributed by atoms with Crippen LogP contribution in [0.3, 0.4) is 0 Å². The third-order valence-corrected chi connectivity index (χ3v) is 5.89. The lowest BCUT2D eigenvalue weighted by Crippen LogP contribution is -2.43. The zero-order chi connectivity index (χ0) is 20.0. The SMILES string of the molecule is CNC(=O)CNC(=O)COC(=O)[C@@H]1CCCN1S(=O)(=O)c1ccc(F)cc1. The van der Waals surface area contributed by atoms with Crippen molar-refractivity contribution in [2.45, 2.75) is 23.8 Å². The summed E-state index contributed by atoms with van der Waals surface area (Å²) in [4.78, 5) is 34.7. The maximum Gasteiger partial charge on any atom is 0.324 e. The van der Waals surface area contributed by atoms with Gasteiger partial charge in [-0.3, -0.25) is 14.4 Å². The first-order valence-corrected chi connectivity index (χ1v) is 9.61. The van der Waals surface area contributed by atoms with Crippen LogP contribution in [0.4, 0.5) is 4.39 Å². The van der Waals surface area contributed by atoms with E-state index in [1.807, 2.05) is 0 Å². The van der Waals surface area contributed by atoms with Crippen LogP contribution in [0, 0.1) is 5.82 Å². The van der Waals surface area contributed by atoms with E-state index in [1.54, 1.807) is 0 Å². The van der Waals surface area contributed by atoms with Crippen LogP contribution in [0.5, 0.6) is 0 Å². The number of carbonyl (C=O) groups excluding carboxylic acids is 3. The Morgan fingerprint density at radius 2 is 1.89 bits per heavy atom. The molecule has 1 heterocycles. The number of benzene rings is 1. The Morgan fingerprint density at radius 1 is 1.22 bits per heavy atom. The van der Waals surface area contributed by atoms with Crippen LogP contribution in [0.1, 0.15) is 12.8 Å². The Balaban J connectivity index is 1.98. The standard InChI is InChI=1S/C16H20FN3O6S/c1-18-14(21)9-19-15(22)10-26-16(23)13-3-2-8-20(13)27(24,25)12-6-4-11(17)5-7-12/h4-7,13H,2-3,8-10H2,1H3,(H,18,21)(H,19,22)/t13-/m0/s1. The summed E-state index contributed by atoms with van der Waals surface area (Å²) in [6, 6.07) is 3.22. The molecular formula is C16H20FN3O6S. The molecule has 0 unspecified atom stereocenters. The maximum atomic E-state index is 13.0. The maximum absolute atomic E-state index is 13.0. The van der Waals surface area contributed by atoms with Gasteiger partial charge >= 0.3 is 5.97 Å². The van der Waals surface area contributed by atoms with Crippen LogP contribution in [-0.2, 0) is 29.1 Å². The number of esters is 1. The van der Waals surface area contributed by atoms with Crippen molar-refractivity contribution in [2.75, 3.05) is 26.7 Å². The summed E-state index contributed by atoms with van der Waals surface area (Å²) in [7, 11) is -2.59. The highest BCUT2D eigenvalue weighted by atomic mass is 32.2. The number of amides is 2. The van der Waals surface area contributed by atoms with Gasteiger partial charge in [-0.05, 0) is 37.1 Å². The van der Waals surface area contributed by atoms with E-state index in [0.717, 1.165) is 28.6 Å². The summed E-state index contributed by atoms with van der Waals surface area (Å²) in [5, 5.41) is 4.57. The summed E-state index contributed by atoms with van der Waals surface area (Å²) in [5.41, 5.74) is 0. The van der Waals surface area contributed by atoms with Crippen molar-refractivity contribution < 1.29 is 31.9 Å². The molecule has 148 valence electrons. The molecule has 0 saturated carbocycles. The van der Waals surface area contributed by atoms with Gasteiger partial charge in [-0.15, -0.1) is 0 Å². The quantitative estimate of drug-likeness (QED) is 0.588. The Kier molecular flexibility index (Phi) is 6.86. The second kappa shape index (κ2) is 8.91. The summed E-state index contributed by atoms with van der Waals surface area (Å²) in [6.45, 7) is -0.777. The van der Waals surface area contributed by atoms with E-state index in [-0.39, 0.29) is 24.4 Å². The van der Waals surface area contributed by atoms with Crippen molar-refractivity contribution in [3.05, 3.63) is 30.1 Å². The average Bonchev–Trinajstić information content (AvgIpc) is 3.15. The van der Waals surface area contributed by atoms with Crippen molar-refractivity contribution in [3.63, 3.8) is 0 Å². The van der Waals surface area contributed by atoms with Gasteiger partial charge in [0.2, 0.25) is 15.9 Å². The fraction of sp³-hybridized carbons (Fsp3) is 0.438. The van der Waals surface area contributed by atoms with Gasteiger partial charge in [-0.25, -0.2) is 12.8 Å². The molecule has 1 aliphatic heterocycles. The highest BCUT2D eigenvalue weighted by molar-refractivity contribution is 7.89. The van der Waals surface area contributed by atoms with Crippen LogP contribution in [-0.4, -0.2) is 63.3 Å². The first-order chi connectivity index (χ1) is 12.8. The molecule has 2 N–H and O–H groups in total. The van der Waals surface area contributed by atoms with Gasteiger partial charge in [0.25, 0.3) is 5.91 Å². The Labute approximate surface area is 155 Å². The molecule has 1 saturated heterocycles. The van der Waals surface area contributed by atoms with Gasteiger partial charge in [0.05, 0.1) is 11.4 Å². The van der Waals surface area contributed by atoms with Crippen molar-refractivity contribution in [1.29, 1.82) is 0 Å². The zero-order valence-corrected chi connectivity index (χ0v) is 15.4. The minimum absolute atomic E-state index is 0.113. The molecule has 0 aromatic heterocycles. The van der Waals surface area contributed by atoms with Crippen LogP contribution in [0.15, 0.2) is 29.2 Å². The summed E-state index contributed by atoms with van der Waals surface area (Å²) in [6.07, 6.45) is 0.697. The minimum Gasteiger partial charge on any atom is -0.454 e. The van der Waals surface area contributed by atoms with E-state index in [4.69, 9.17) is 4.74 Å². The van der Waals surface area contributed by atoms with Crippen molar-refractivity contribution in [3.8, 4) is 0 Å². The number of rotatable bonds is 7. The van der Waals surface area contributed by atoms with Gasteiger partial charge < -0.3 is 15.4 Å². The number of sulfonamides is 1. The normalized spacial score (nSPS) is 17.3. The van der Waals surface area contributed by atoms with E-state index in [0.29, 0.717) is 6.42 Å². The number of hydrogen-bond donors (Lipinski definition) is 2. The molecule has 2 amide bonds. The lowest BCUT2D eigenvalue weighted by molar-refractivity contribution is -0.151. The lowest BCUT2D eigenvalue weighted by Gasteiger charge is -2.22. The summed E-state index contributed by atoms with van der Waals surface area (Å²) in [5.74, 6) is -2.53. The minimum atomic E-state index is -4.00. The molecule has 1 aromatic rings. The zero-order valence-electron chi connectivity index (χ0n) is 14.6. The highest BCUT2D eigenvalue weighted by Gasteiger charge is 2.40. The number of carbonyl (C=O) groups is 3. The molecule has 9 nitrogen and oxygen atoms in total. The second-order valence-electron chi connectivity index (χ2n) is 5.79. The van der Waals surface area contributed by atoms with E-state index in [2.05, 4.69) is 10.6 Å². The van der Waals surface area contributed by atoms with E-state index >= 15 is 0 Å². The monoisotopic (exact) mass is 401 g/mol. The molecule has 2 rings (SSSR count). The number of hydrogen-bond acceptors (Lipinski definition) is 6. The second-order valence-corrected chi connectivity index (χ2v) is 7.68. The van der Waals surface area contributed by atoms with E-state index in [1.165, 1.54) is 7.05 Å². The van der Waals surface area contributed by atoms with Crippen LogP contribution >= 0.6 is 0 Å². The van der Waals surface area contributed by atoms with Crippen molar-refractivity contribution in [2.24, 2.45) is 0 Å². The third-order valence-electron chi connectivity index (χ3n) is 3.97. The van der Waals surface area contributed by atoms with Crippen molar-refractivity contribution in [1.82, 2.24) is 14.9 Å². The molecule has 1 fully saturated rings. The topological polar surface area (TPSA) is 122 Å². The fourth-order valence-electron chi connectivity index (χ4n) is 2.56. The van der Waals surface area contributed by atoms with Crippen molar-refractivity contribution >= 4 is 27.8 Å². The van der Waals surface area contributed by atoms with Gasteiger partial charge in [0.15, 0.2) is 6.61 Å². The predicted molar refractivity (Wildman–Crippen MR) is 91.3 cm³/mol. The molecule has 0 spiro atoms. The van der Waals surface area contributed by atoms with Gasteiger partial charge in [0, 0.05) is 13.6 Å². The molecule has 0 radical (unpaired) electrons. The number of nitrogens with zero attached hydrogens (tertiary/aromatic N) is 1. The largest absolute Gasteiger partial charge is 0.454 e. The molecular weight excluding hydrogens is 381 g/mol. The molecule has 1 atom stereocenters. The first kappa shape index (κ1) is 20.8. The molecule has 0 aliphatic carbocycles. The molecule has 0 bridgehead atoms. The van der Waals surface area contributed by atoms with Crippen LogP contribution in [0.25, 0.3) is 0 Å². The molecule has 1 aliphatic rings. The van der Waals surface area contributed by atoms with E-state index in [9.17, 15) is 27.2 Å². The number of halogens is 1. The predicted octanol–water partition coefficient (Wildman–Crippen LogP) is -0.616. The smallest absolute Gasteiger partial charge is 0.324 e. The first-order valence-electron chi connectivity index (χ1n) is 8.17. The van der Waals surface area contributed by atoms with Gasteiger partial charge in [-0.2, -0.15) is 4.31 Å². The number of likely N-dealkylation sites (N-methyl/N-ethyl adjacent to an activating group) is 1. The summed E-state index contributed by atoms with van der Waals surface area (Å²) >= 11 is 0. The molecule has 27 heavy (non-hydrogen) atoms. The third kappa shape index (κ3) is 5.23. The Morgan fingerprint density at radius 3 is 2.52 bits per heavy atom. The molecule has 11 heteroatoms. The summed E-state index contributed by atoms with van der Waals surface area (Å²) < 4.78 is 44.3. The van der Waals surface area contributed by atoms with E-state index < -0.39 is 46.3 Å². The highest BCUT2D eigenvalue weighted by Crippen LogP contribution is 2.27. The van der Waals surface area contributed by atoms with Gasteiger partial charge in [-0.1, -0.05) is 0 Å². The number of ether oxygens (including phenoxy) is 1. The Hall–Kier alpha value is -2.53. The fourth-order valence-corrected chi connectivity index (χ4v) is 4.20. The number of nitrogens with one attached hydrogen (secondary N) is 2. The lowest BCUT2D eigenvalue weighted by atomic mass is 10.2. The average molecular weight is 401 g/mol. The Bertz CT molecular complexity index is 812. The van der Waals surface area contributed by atoms with Crippen LogP contribution in [0.2, 0.25) is 0 Å². The van der Waals surface area contributed by atoms with Gasteiger partial charge in [0.1, 0.15) is 11.9 Å². The van der Waals surface area contributed by atoms with Crippen LogP contribution < -0.4 is 10.6 Å². The molecule has 1 aromatic carbocycles.